The quantitative estimate of drug-likeness (QED) is 0.759. The van der Waals surface area contributed by atoms with E-state index in [1.807, 2.05) is 6.92 Å². The second-order valence-corrected chi connectivity index (χ2v) is 3.70. The molecule has 0 saturated carbocycles. The molecule has 1 aromatic rings. The fourth-order valence-corrected chi connectivity index (χ4v) is 1.53. The Morgan fingerprint density at radius 2 is 2.56 bits per heavy atom. The van der Waals surface area contributed by atoms with Gasteiger partial charge in [-0.05, 0) is 6.92 Å². The highest BCUT2D eigenvalue weighted by Gasteiger charge is 2.24. The lowest BCUT2D eigenvalue weighted by Gasteiger charge is -2.23. The van der Waals surface area contributed by atoms with Crippen LogP contribution in [0.2, 0.25) is 0 Å². The summed E-state index contributed by atoms with van der Waals surface area (Å²) in [4.78, 5) is 11.8. The summed E-state index contributed by atoms with van der Waals surface area (Å²) in [6, 6.07) is -0.0863. The number of nitrogens with one attached hydrogen (secondary N) is 2. The minimum Gasteiger partial charge on any atom is -0.376 e. The highest BCUT2D eigenvalue weighted by atomic mass is 16.6. The number of hydrogen-bond acceptors (Lipinski definition) is 4. The molecule has 1 aliphatic heterocycles. The number of aromatic amines is 1. The molecule has 16 heavy (non-hydrogen) atoms. The van der Waals surface area contributed by atoms with Crippen molar-refractivity contribution in [1.82, 2.24) is 15.5 Å². The summed E-state index contributed by atoms with van der Waals surface area (Å²) >= 11 is 0. The number of rotatable bonds is 3. The molecule has 2 heterocycles. The van der Waals surface area contributed by atoms with Gasteiger partial charge in [-0.25, -0.2) is 0 Å². The van der Waals surface area contributed by atoms with E-state index in [4.69, 9.17) is 9.47 Å². The third kappa shape index (κ3) is 2.59. The SMILES string of the molecule is CC(NC(=O)C1COCCO1)c1cn[nH]c1. The number of nitrogens with zero attached hydrogens (tertiary/aromatic N) is 1. The Morgan fingerprint density at radius 1 is 1.69 bits per heavy atom. The summed E-state index contributed by atoms with van der Waals surface area (Å²) in [5.41, 5.74) is 0.935. The predicted octanol–water partition coefficient (Wildman–Crippen LogP) is 0.00230. The molecule has 88 valence electrons. The molecule has 1 amide bonds. The van der Waals surface area contributed by atoms with Crippen LogP contribution in [0.1, 0.15) is 18.5 Å². The maximum atomic E-state index is 11.8. The maximum absolute atomic E-state index is 11.8. The Bertz CT molecular complexity index is 333. The van der Waals surface area contributed by atoms with Gasteiger partial charge in [0.15, 0.2) is 6.10 Å². The van der Waals surface area contributed by atoms with Gasteiger partial charge in [0.25, 0.3) is 5.91 Å². The lowest BCUT2D eigenvalue weighted by Crippen LogP contribution is -2.43. The Labute approximate surface area is 93.3 Å². The van der Waals surface area contributed by atoms with Crippen LogP contribution in [0.5, 0.6) is 0 Å². The summed E-state index contributed by atoms with van der Waals surface area (Å²) in [5, 5.41) is 9.39. The highest BCUT2D eigenvalue weighted by Crippen LogP contribution is 2.10. The number of amides is 1. The van der Waals surface area contributed by atoms with Crippen LogP contribution in [0.4, 0.5) is 0 Å². The van der Waals surface area contributed by atoms with Gasteiger partial charge in [0.2, 0.25) is 0 Å². The fourth-order valence-electron chi connectivity index (χ4n) is 1.53. The first-order valence-electron chi connectivity index (χ1n) is 5.26. The minimum atomic E-state index is -0.497. The van der Waals surface area contributed by atoms with E-state index >= 15 is 0 Å². The van der Waals surface area contributed by atoms with Gasteiger partial charge in [-0.15, -0.1) is 0 Å². The molecule has 0 aromatic carbocycles. The Hall–Kier alpha value is -1.40. The van der Waals surface area contributed by atoms with Crippen molar-refractivity contribution < 1.29 is 14.3 Å². The average Bonchev–Trinajstić information content (AvgIpc) is 2.83. The molecule has 6 heteroatoms. The van der Waals surface area contributed by atoms with Crippen LogP contribution in [0.3, 0.4) is 0 Å². The standard InChI is InChI=1S/C10H15N3O3/c1-7(8-4-11-12-5-8)13-10(14)9-6-15-2-3-16-9/h4-5,7,9H,2-3,6H2,1H3,(H,11,12)(H,13,14). The molecule has 2 atom stereocenters. The van der Waals surface area contributed by atoms with E-state index in [9.17, 15) is 4.79 Å². The minimum absolute atomic E-state index is 0.0863. The van der Waals surface area contributed by atoms with Crippen LogP contribution < -0.4 is 5.32 Å². The van der Waals surface area contributed by atoms with E-state index in [1.165, 1.54) is 0 Å². The predicted molar refractivity (Wildman–Crippen MR) is 55.7 cm³/mol. The summed E-state index contributed by atoms with van der Waals surface area (Å²) in [6.07, 6.45) is 2.94. The van der Waals surface area contributed by atoms with Crippen molar-refractivity contribution in [2.45, 2.75) is 19.1 Å². The molecule has 0 bridgehead atoms. The zero-order chi connectivity index (χ0) is 11.4. The van der Waals surface area contributed by atoms with Crippen LogP contribution >= 0.6 is 0 Å². The van der Waals surface area contributed by atoms with Crippen molar-refractivity contribution in [2.24, 2.45) is 0 Å². The van der Waals surface area contributed by atoms with E-state index in [0.717, 1.165) is 5.56 Å². The van der Waals surface area contributed by atoms with E-state index < -0.39 is 6.10 Å². The first kappa shape index (κ1) is 11.1. The first-order chi connectivity index (χ1) is 7.77. The molecule has 6 nitrogen and oxygen atoms in total. The van der Waals surface area contributed by atoms with Crippen molar-refractivity contribution in [3.63, 3.8) is 0 Å². The van der Waals surface area contributed by atoms with Gasteiger partial charge in [-0.2, -0.15) is 5.10 Å². The molecular weight excluding hydrogens is 210 g/mol. The third-order valence-electron chi connectivity index (χ3n) is 2.49. The molecule has 1 fully saturated rings. The molecule has 1 saturated heterocycles. The second-order valence-electron chi connectivity index (χ2n) is 3.70. The van der Waals surface area contributed by atoms with Crippen LogP contribution in [-0.2, 0) is 14.3 Å². The highest BCUT2D eigenvalue weighted by molar-refractivity contribution is 5.81. The van der Waals surface area contributed by atoms with Crippen LogP contribution in [0.15, 0.2) is 12.4 Å². The van der Waals surface area contributed by atoms with E-state index in [2.05, 4.69) is 15.5 Å². The van der Waals surface area contributed by atoms with E-state index in [-0.39, 0.29) is 11.9 Å². The topological polar surface area (TPSA) is 76.2 Å². The van der Waals surface area contributed by atoms with Gasteiger partial charge in [-0.3, -0.25) is 9.89 Å². The van der Waals surface area contributed by atoms with Crippen molar-refractivity contribution in [3.05, 3.63) is 18.0 Å². The third-order valence-corrected chi connectivity index (χ3v) is 2.49. The van der Waals surface area contributed by atoms with Crippen molar-refractivity contribution in [2.75, 3.05) is 19.8 Å². The van der Waals surface area contributed by atoms with Crippen molar-refractivity contribution >= 4 is 5.91 Å². The Kier molecular flexibility index (Phi) is 3.53. The first-order valence-corrected chi connectivity index (χ1v) is 5.26. The van der Waals surface area contributed by atoms with Gasteiger partial charge in [-0.1, -0.05) is 0 Å². The number of hydrogen-bond donors (Lipinski definition) is 2. The second kappa shape index (κ2) is 5.09. The lowest BCUT2D eigenvalue weighted by molar-refractivity contribution is -0.148. The van der Waals surface area contributed by atoms with Gasteiger partial charge < -0.3 is 14.8 Å². The molecule has 0 spiro atoms. The Morgan fingerprint density at radius 3 is 3.19 bits per heavy atom. The lowest BCUT2D eigenvalue weighted by atomic mass is 10.2. The number of H-pyrrole nitrogens is 1. The van der Waals surface area contributed by atoms with Crippen LogP contribution in [0.25, 0.3) is 0 Å². The van der Waals surface area contributed by atoms with Gasteiger partial charge in [0.05, 0.1) is 32.1 Å². The number of ether oxygens (including phenoxy) is 2. The smallest absolute Gasteiger partial charge is 0.252 e. The maximum Gasteiger partial charge on any atom is 0.252 e. The summed E-state index contributed by atoms with van der Waals surface area (Å²) < 4.78 is 10.5. The van der Waals surface area contributed by atoms with Crippen molar-refractivity contribution in [1.29, 1.82) is 0 Å². The normalized spacial score (nSPS) is 22.7. The molecule has 1 aliphatic rings. The summed E-state index contributed by atoms with van der Waals surface area (Å²) in [7, 11) is 0. The number of carbonyl (C=O) groups is 1. The number of aromatic nitrogens is 2. The number of carbonyl (C=O) groups excluding carboxylic acids is 1. The average molecular weight is 225 g/mol. The largest absolute Gasteiger partial charge is 0.376 e. The molecular formula is C10H15N3O3. The van der Waals surface area contributed by atoms with Crippen molar-refractivity contribution in [3.8, 4) is 0 Å². The van der Waals surface area contributed by atoms with Gasteiger partial charge in [0.1, 0.15) is 0 Å². The monoisotopic (exact) mass is 225 g/mol. The van der Waals surface area contributed by atoms with Gasteiger partial charge >= 0.3 is 0 Å². The van der Waals surface area contributed by atoms with E-state index in [1.54, 1.807) is 12.4 Å². The van der Waals surface area contributed by atoms with Gasteiger partial charge in [0, 0.05) is 11.8 Å². The Balaban J connectivity index is 1.86. The molecule has 0 radical (unpaired) electrons. The molecule has 2 rings (SSSR count). The van der Waals surface area contributed by atoms with Crippen LogP contribution in [-0.4, -0.2) is 42.0 Å². The summed E-state index contributed by atoms with van der Waals surface area (Å²) in [5.74, 6) is -0.145. The molecule has 1 aromatic heterocycles. The molecule has 2 N–H and O–H groups in total. The molecule has 2 unspecified atom stereocenters. The summed E-state index contributed by atoms with van der Waals surface area (Å²) in [6.45, 7) is 3.25. The fraction of sp³-hybridized carbons (Fsp3) is 0.600. The van der Waals surface area contributed by atoms with E-state index in [0.29, 0.717) is 19.8 Å². The zero-order valence-corrected chi connectivity index (χ0v) is 9.10. The zero-order valence-electron chi connectivity index (χ0n) is 9.10. The molecule has 0 aliphatic carbocycles. The van der Waals surface area contributed by atoms with Crippen LogP contribution in [0, 0.1) is 0 Å².